The number of hydrogen-bond donors (Lipinski definition) is 0. The van der Waals surface area contributed by atoms with Gasteiger partial charge in [0.1, 0.15) is 6.61 Å². The number of nitrogens with zero attached hydrogens (tertiary/aromatic N) is 1. The van der Waals surface area contributed by atoms with E-state index in [0.717, 1.165) is 24.8 Å². The number of piperidine rings is 1. The Morgan fingerprint density at radius 1 is 1.37 bits per heavy atom. The maximum atomic E-state index is 12.2. The van der Waals surface area contributed by atoms with Crippen LogP contribution in [0.3, 0.4) is 0 Å². The van der Waals surface area contributed by atoms with Gasteiger partial charge in [-0.1, -0.05) is 36.4 Å². The lowest BCUT2D eigenvalue weighted by molar-refractivity contribution is 0.0630. The molecule has 19 heavy (non-hydrogen) atoms. The molecule has 3 heteroatoms. The van der Waals surface area contributed by atoms with Crippen LogP contribution < -0.4 is 0 Å². The molecule has 0 aliphatic carbocycles. The number of ether oxygens (including phenoxy) is 1. The summed E-state index contributed by atoms with van der Waals surface area (Å²) in [6.07, 6.45) is 4.45. The lowest BCUT2D eigenvalue weighted by atomic mass is 9.97. The third-order valence-electron chi connectivity index (χ3n) is 3.48. The number of rotatable bonds is 3. The van der Waals surface area contributed by atoms with E-state index in [1.54, 1.807) is 11.0 Å². The smallest absolute Gasteiger partial charge is 0.410 e. The average Bonchev–Trinajstić information content (AvgIpc) is 2.45. The van der Waals surface area contributed by atoms with Gasteiger partial charge in [0.05, 0.1) is 6.04 Å². The maximum absolute atomic E-state index is 12.2. The predicted octanol–water partition coefficient (Wildman–Crippen LogP) is 3.57. The van der Waals surface area contributed by atoms with E-state index < -0.39 is 0 Å². The second-order valence-corrected chi connectivity index (χ2v) is 4.84. The first-order chi connectivity index (χ1) is 9.22. The summed E-state index contributed by atoms with van der Waals surface area (Å²) in [5, 5.41) is 0. The summed E-state index contributed by atoms with van der Waals surface area (Å²) in [5.41, 5.74) is 0.989. The summed E-state index contributed by atoms with van der Waals surface area (Å²) < 4.78 is 5.37. The number of likely N-dealkylation sites (tertiary alicyclic amines) is 1. The van der Waals surface area contributed by atoms with Crippen molar-refractivity contribution in [3.8, 4) is 0 Å². The van der Waals surface area contributed by atoms with Crippen LogP contribution in [0.5, 0.6) is 0 Å². The van der Waals surface area contributed by atoms with Crippen molar-refractivity contribution in [2.45, 2.75) is 38.0 Å². The second-order valence-electron chi connectivity index (χ2n) is 4.84. The Bertz CT molecular complexity index is 430. The number of carbonyl (C=O) groups is 1. The van der Waals surface area contributed by atoms with Gasteiger partial charge < -0.3 is 4.74 Å². The summed E-state index contributed by atoms with van der Waals surface area (Å²) in [6, 6.07) is 9.70. The van der Waals surface area contributed by atoms with Crippen molar-refractivity contribution in [2.24, 2.45) is 0 Å². The van der Waals surface area contributed by atoms with Crippen molar-refractivity contribution in [1.29, 1.82) is 0 Å². The van der Waals surface area contributed by atoms with Gasteiger partial charge in [-0.3, -0.25) is 4.90 Å². The van der Waals surface area contributed by atoms with Gasteiger partial charge in [-0.2, -0.15) is 0 Å². The molecule has 0 aromatic heterocycles. The molecule has 3 nitrogen and oxygen atoms in total. The zero-order chi connectivity index (χ0) is 13.7. The topological polar surface area (TPSA) is 29.5 Å². The summed E-state index contributed by atoms with van der Waals surface area (Å²) in [5.74, 6) is 0. The van der Waals surface area contributed by atoms with Crippen molar-refractivity contribution in [2.75, 3.05) is 0 Å². The van der Waals surface area contributed by atoms with E-state index in [-0.39, 0.29) is 18.2 Å². The Balaban J connectivity index is 1.96. The fourth-order valence-corrected chi connectivity index (χ4v) is 2.42. The molecule has 0 bridgehead atoms. The van der Waals surface area contributed by atoms with Crippen LogP contribution in [0.25, 0.3) is 0 Å². The third-order valence-corrected chi connectivity index (χ3v) is 3.48. The van der Waals surface area contributed by atoms with E-state index in [1.165, 1.54) is 0 Å². The minimum absolute atomic E-state index is 0.0278. The Hall–Kier alpha value is -1.77. The minimum atomic E-state index is -0.298. The molecule has 1 heterocycles. The van der Waals surface area contributed by atoms with Gasteiger partial charge in [-0.25, -0.2) is 4.79 Å². The van der Waals surface area contributed by atoms with Crippen molar-refractivity contribution >= 4 is 6.09 Å². The molecule has 2 rings (SSSR count). The number of carbonyl (C=O) groups excluding carboxylic acids is 1. The molecule has 0 unspecified atom stereocenters. The summed E-state index contributed by atoms with van der Waals surface area (Å²) in [6.45, 7) is 8.12. The largest absolute Gasteiger partial charge is 0.445 e. The van der Waals surface area contributed by atoms with Crippen molar-refractivity contribution in [3.63, 3.8) is 0 Å². The molecule has 1 aromatic rings. The Morgan fingerprint density at radius 3 is 2.79 bits per heavy atom. The van der Waals surface area contributed by atoms with Crippen LogP contribution in [-0.2, 0) is 11.3 Å². The summed E-state index contributed by atoms with van der Waals surface area (Å²) >= 11 is 0. The molecule has 1 amide bonds. The SMILES string of the molecule is [CH2][C@H]1CCC[C@@H](C=C)N1C(=O)OCc1ccccc1. The lowest BCUT2D eigenvalue weighted by Gasteiger charge is -2.38. The first-order valence-corrected chi connectivity index (χ1v) is 6.67. The maximum Gasteiger partial charge on any atom is 0.410 e. The van der Waals surface area contributed by atoms with Gasteiger partial charge in [0.15, 0.2) is 0 Å². The van der Waals surface area contributed by atoms with Crippen molar-refractivity contribution in [3.05, 3.63) is 55.5 Å². The van der Waals surface area contributed by atoms with E-state index in [9.17, 15) is 4.79 Å². The lowest BCUT2D eigenvalue weighted by Crippen LogP contribution is -2.48. The molecule has 0 N–H and O–H groups in total. The van der Waals surface area contributed by atoms with Crippen molar-refractivity contribution < 1.29 is 9.53 Å². The monoisotopic (exact) mass is 258 g/mol. The van der Waals surface area contributed by atoms with Crippen LogP contribution in [0, 0.1) is 6.92 Å². The summed E-state index contributed by atoms with van der Waals surface area (Å²) in [4.78, 5) is 13.9. The molecule has 1 radical (unpaired) electrons. The molecular formula is C16H20NO2. The van der Waals surface area contributed by atoms with E-state index in [4.69, 9.17) is 4.74 Å². The molecule has 1 aliphatic heterocycles. The second kappa shape index (κ2) is 6.41. The van der Waals surface area contributed by atoms with Gasteiger partial charge in [-0.15, -0.1) is 6.58 Å². The number of benzene rings is 1. The van der Waals surface area contributed by atoms with E-state index in [0.29, 0.717) is 6.61 Å². The Labute approximate surface area is 114 Å². The fraction of sp³-hybridized carbons (Fsp3) is 0.375. The molecule has 0 saturated carbocycles. The van der Waals surface area contributed by atoms with Crippen molar-refractivity contribution in [1.82, 2.24) is 4.90 Å². The predicted molar refractivity (Wildman–Crippen MR) is 75.4 cm³/mol. The molecule has 1 saturated heterocycles. The molecule has 2 atom stereocenters. The first kappa shape index (κ1) is 13.7. The van der Waals surface area contributed by atoms with E-state index in [1.807, 2.05) is 30.3 Å². The highest BCUT2D eigenvalue weighted by Gasteiger charge is 2.31. The molecule has 0 spiro atoms. The van der Waals surface area contributed by atoms with Crippen LogP contribution in [0.15, 0.2) is 43.0 Å². The van der Waals surface area contributed by atoms with E-state index in [2.05, 4.69) is 13.5 Å². The minimum Gasteiger partial charge on any atom is -0.445 e. The normalized spacial score (nSPS) is 22.9. The molecule has 1 fully saturated rings. The van der Waals surface area contributed by atoms with Gasteiger partial charge in [0.25, 0.3) is 0 Å². The molecule has 1 aliphatic rings. The highest BCUT2D eigenvalue weighted by Crippen LogP contribution is 2.24. The van der Waals surface area contributed by atoms with Gasteiger partial charge >= 0.3 is 6.09 Å². The molecule has 1 aromatic carbocycles. The van der Waals surface area contributed by atoms with Crippen LogP contribution in [-0.4, -0.2) is 23.1 Å². The Morgan fingerprint density at radius 2 is 2.11 bits per heavy atom. The van der Waals surface area contributed by atoms with Gasteiger partial charge in [-0.05, 0) is 31.7 Å². The van der Waals surface area contributed by atoms with E-state index >= 15 is 0 Å². The van der Waals surface area contributed by atoms with Crippen LogP contribution in [0.1, 0.15) is 24.8 Å². The zero-order valence-corrected chi connectivity index (χ0v) is 11.1. The molecule has 101 valence electrons. The quantitative estimate of drug-likeness (QED) is 0.776. The first-order valence-electron chi connectivity index (χ1n) is 6.67. The highest BCUT2D eigenvalue weighted by molar-refractivity contribution is 5.69. The fourth-order valence-electron chi connectivity index (χ4n) is 2.42. The highest BCUT2D eigenvalue weighted by atomic mass is 16.6. The van der Waals surface area contributed by atoms with Gasteiger partial charge in [0.2, 0.25) is 0 Å². The number of amides is 1. The van der Waals surface area contributed by atoms with Crippen LogP contribution in [0.4, 0.5) is 4.79 Å². The third kappa shape index (κ3) is 3.37. The zero-order valence-electron chi connectivity index (χ0n) is 11.1. The van der Waals surface area contributed by atoms with Crippen LogP contribution >= 0.6 is 0 Å². The number of hydrogen-bond acceptors (Lipinski definition) is 2. The van der Waals surface area contributed by atoms with Crippen LogP contribution in [0.2, 0.25) is 0 Å². The Kier molecular flexibility index (Phi) is 4.61. The average molecular weight is 258 g/mol. The standard InChI is InChI=1S/C16H20NO2/c1-3-15-11-7-8-13(2)17(15)16(18)19-12-14-9-5-4-6-10-14/h3-6,9-10,13,15H,1-2,7-8,11-12H2/t13-,15+/m0/s1. The van der Waals surface area contributed by atoms with Gasteiger partial charge in [0, 0.05) is 6.04 Å². The summed E-state index contributed by atoms with van der Waals surface area (Å²) in [7, 11) is 0. The molecular weight excluding hydrogens is 238 g/mol.